The summed E-state index contributed by atoms with van der Waals surface area (Å²) in [5.41, 5.74) is 1.71. The molecule has 0 fully saturated rings. The van der Waals surface area contributed by atoms with E-state index in [9.17, 15) is 0 Å². The van der Waals surface area contributed by atoms with Gasteiger partial charge in [0.25, 0.3) is 0 Å². The highest BCUT2D eigenvalue weighted by molar-refractivity contribution is 6.30. The van der Waals surface area contributed by atoms with Crippen molar-refractivity contribution in [3.05, 3.63) is 16.3 Å². The Kier molecular flexibility index (Phi) is 3.45. The van der Waals surface area contributed by atoms with Gasteiger partial charge in [0.2, 0.25) is 5.88 Å². The number of aliphatic hydroxyl groups is 1. The lowest BCUT2D eigenvalue weighted by molar-refractivity contribution is 0.194. The predicted octanol–water partition coefficient (Wildman–Crippen LogP) is 1.12. The van der Waals surface area contributed by atoms with E-state index in [0.29, 0.717) is 11.0 Å². The summed E-state index contributed by atoms with van der Waals surface area (Å²) >= 11 is 5.74. The van der Waals surface area contributed by atoms with Crippen LogP contribution in [-0.2, 0) is 0 Å². The average Bonchev–Trinajstić information content (AvgIpc) is 2.13. The molecule has 5 heteroatoms. The van der Waals surface area contributed by atoms with E-state index in [0.717, 1.165) is 11.1 Å². The van der Waals surface area contributed by atoms with Crippen molar-refractivity contribution in [1.29, 1.82) is 0 Å². The third kappa shape index (κ3) is 2.29. The zero-order valence-electron chi connectivity index (χ0n) is 7.54. The zero-order chi connectivity index (χ0) is 9.84. The number of rotatable bonds is 3. The Morgan fingerprint density at radius 1 is 1.31 bits per heavy atom. The van der Waals surface area contributed by atoms with Gasteiger partial charge in [-0.05, 0) is 19.4 Å². The van der Waals surface area contributed by atoms with E-state index in [4.69, 9.17) is 21.4 Å². The number of hydrogen-bond donors (Lipinski definition) is 1. The molecule has 1 aromatic heterocycles. The number of aliphatic hydroxyl groups excluding tert-OH is 1. The van der Waals surface area contributed by atoms with Gasteiger partial charge in [-0.3, -0.25) is 0 Å². The van der Waals surface area contributed by atoms with E-state index in [-0.39, 0.29) is 13.2 Å². The van der Waals surface area contributed by atoms with Crippen LogP contribution in [-0.4, -0.2) is 28.5 Å². The summed E-state index contributed by atoms with van der Waals surface area (Å²) in [6.45, 7) is 3.88. The van der Waals surface area contributed by atoms with Crippen LogP contribution in [0.1, 0.15) is 11.1 Å². The van der Waals surface area contributed by atoms with Gasteiger partial charge in [-0.25, -0.2) is 0 Å². The topological polar surface area (TPSA) is 55.2 Å². The molecule has 1 aromatic rings. The van der Waals surface area contributed by atoms with Crippen molar-refractivity contribution in [3.8, 4) is 5.88 Å². The number of ether oxygens (including phenoxy) is 1. The quantitative estimate of drug-likeness (QED) is 0.798. The molecule has 0 amide bonds. The zero-order valence-corrected chi connectivity index (χ0v) is 8.30. The largest absolute Gasteiger partial charge is 0.474 e. The van der Waals surface area contributed by atoms with Gasteiger partial charge in [-0.1, -0.05) is 11.6 Å². The van der Waals surface area contributed by atoms with E-state index >= 15 is 0 Å². The summed E-state index contributed by atoms with van der Waals surface area (Å²) in [5.74, 6) is 0.427. The molecule has 0 aromatic carbocycles. The third-order valence-electron chi connectivity index (χ3n) is 1.75. The van der Waals surface area contributed by atoms with Crippen LogP contribution in [0.25, 0.3) is 0 Å². The summed E-state index contributed by atoms with van der Waals surface area (Å²) in [6.07, 6.45) is 0. The van der Waals surface area contributed by atoms with Crippen LogP contribution in [0.4, 0.5) is 0 Å². The maximum absolute atomic E-state index is 8.54. The van der Waals surface area contributed by atoms with E-state index in [2.05, 4.69) is 10.2 Å². The van der Waals surface area contributed by atoms with E-state index < -0.39 is 0 Å². The van der Waals surface area contributed by atoms with Crippen molar-refractivity contribution in [2.24, 2.45) is 0 Å². The molecule has 0 atom stereocenters. The van der Waals surface area contributed by atoms with Crippen LogP contribution >= 0.6 is 11.6 Å². The first-order valence-electron chi connectivity index (χ1n) is 3.90. The lowest BCUT2D eigenvalue weighted by Gasteiger charge is -2.07. The van der Waals surface area contributed by atoms with Crippen LogP contribution in [0.15, 0.2) is 0 Å². The molecule has 0 spiro atoms. The molecular formula is C8H11ClN2O2. The minimum absolute atomic E-state index is 0.0389. The second-order valence-corrected chi connectivity index (χ2v) is 2.98. The molecule has 0 unspecified atom stereocenters. The third-order valence-corrected chi connectivity index (χ3v) is 2.11. The molecule has 0 bridgehead atoms. The molecule has 1 rings (SSSR count). The van der Waals surface area contributed by atoms with Crippen molar-refractivity contribution >= 4 is 11.6 Å². The van der Waals surface area contributed by atoms with Gasteiger partial charge >= 0.3 is 0 Å². The van der Waals surface area contributed by atoms with E-state index in [1.54, 1.807) is 0 Å². The van der Waals surface area contributed by atoms with Crippen LogP contribution < -0.4 is 4.74 Å². The molecule has 0 saturated heterocycles. The molecular weight excluding hydrogens is 192 g/mol. The highest BCUT2D eigenvalue weighted by atomic mass is 35.5. The van der Waals surface area contributed by atoms with Crippen molar-refractivity contribution in [1.82, 2.24) is 10.2 Å². The van der Waals surface area contributed by atoms with Crippen LogP contribution in [0.5, 0.6) is 5.88 Å². The minimum atomic E-state index is -0.0389. The van der Waals surface area contributed by atoms with Gasteiger partial charge < -0.3 is 9.84 Å². The highest BCUT2D eigenvalue weighted by Gasteiger charge is 2.08. The van der Waals surface area contributed by atoms with Crippen molar-refractivity contribution in [2.45, 2.75) is 13.8 Å². The molecule has 1 N–H and O–H groups in total. The average molecular weight is 203 g/mol. The fraction of sp³-hybridized carbons (Fsp3) is 0.500. The minimum Gasteiger partial charge on any atom is -0.474 e. The Balaban J connectivity index is 2.90. The van der Waals surface area contributed by atoms with Crippen LogP contribution in [0.2, 0.25) is 5.15 Å². The first-order valence-corrected chi connectivity index (χ1v) is 4.27. The summed E-state index contributed by atoms with van der Waals surface area (Å²) in [5, 5.41) is 16.4. The van der Waals surface area contributed by atoms with Gasteiger partial charge in [0.05, 0.1) is 6.61 Å². The Bertz CT molecular complexity index is 304. The second kappa shape index (κ2) is 4.39. The molecule has 72 valence electrons. The fourth-order valence-electron chi connectivity index (χ4n) is 0.834. The van der Waals surface area contributed by atoms with Crippen LogP contribution in [0, 0.1) is 13.8 Å². The summed E-state index contributed by atoms with van der Waals surface area (Å²) < 4.78 is 5.14. The van der Waals surface area contributed by atoms with Gasteiger partial charge in [0.15, 0.2) is 5.15 Å². The summed E-state index contributed by atoms with van der Waals surface area (Å²) in [7, 11) is 0. The second-order valence-electron chi connectivity index (χ2n) is 2.62. The van der Waals surface area contributed by atoms with Gasteiger partial charge in [0.1, 0.15) is 6.61 Å². The predicted molar refractivity (Wildman–Crippen MR) is 49.1 cm³/mol. The number of halogens is 1. The highest BCUT2D eigenvalue weighted by Crippen LogP contribution is 2.21. The monoisotopic (exact) mass is 202 g/mol. The van der Waals surface area contributed by atoms with Crippen LogP contribution in [0.3, 0.4) is 0 Å². The number of nitrogens with zero attached hydrogens (tertiary/aromatic N) is 2. The summed E-state index contributed by atoms with van der Waals surface area (Å²) in [6, 6.07) is 0. The standard InChI is InChI=1S/C8H11ClN2O2/c1-5-6(2)8(13-4-3-12)11-10-7(5)9/h12H,3-4H2,1-2H3. The Labute approximate surface area is 81.5 Å². The van der Waals surface area contributed by atoms with E-state index in [1.165, 1.54) is 0 Å². The maximum Gasteiger partial charge on any atom is 0.236 e. The van der Waals surface area contributed by atoms with Gasteiger partial charge in [-0.2, -0.15) is 0 Å². The fourth-order valence-corrected chi connectivity index (χ4v) is 1.01. The summed E-state index contributed by atoms with van der Waals surface area (Å²) in [4.78, 5) is 0. The smallest absolute Gasteiger partial charge is 0.236 e. The van der Waals surface area contributed by atoms with Gasteiger partial charge in [0, 0.05) is 5.56 Å². The molecule has 13 heavy (non-hydrogen) atoms. The number of aromatic nitrogens is 2. The Morgan fingerprint density at radius 3 is 2.62 bits per heavy atom. The van der Waals surface area contributed by atoms with E-state index in [1.807, 2.05) is 13.8 Å². The van der Waals surface area contributed by atoms with Crippen molar-refractivity contribution in [2.75, 3.05) is 13.2 Å². The number of hydrogen-bond acceptors (Lipinski definition) is 4. The lowest BCUT2D eigenvalue weighted by atomic mass is 10.2. The Morgan fingerprint density at radius 2 is 2.00 bits per heavy atom. The molecule has 0 aliphatic carbocycles. The Hall–Kier alpha value is -0.870. The van der Waals surface area contributed by atoms with Crippen molar-refractivity contribution < 1.29 is 9.84 Å². The first kappa shape index (κ1) is 10.2. The first-order chi connectivity index (χ1) is 6.16. The lowest BCUT2D eigenvalue weighted by Crippen LogP contribution is -2.06. The van der Waals surface area contributed by atoms with Crippen molar-refractivity contribution in [3.63, 3.8) is 0 Å². The molecule has 0 saturated carbocycles. The normalized spacial score (nSPS) is 10.2. The maximum atomic E-state index is 8.54. The molecule has 4 nitrogen and oxygen atoms in total. The molecule has 0 radical (unpaired) electrons. The molecule has 1 heterocycles. The van der Waals surface area contributed by atoms with Gasteiger partial charge in [-0.15, -0.1) is 10.2 Å². The molecule has 0 aliphatic rings. The molecule has 0 aliphatic heterocycles. The SMILES string of the molecule is Cc1c(Cl)nnc(OCCO)c1C.